The zero-order valence-electron chi connectivity index (χ0n) is 5.03. The van der Waals surface area contributed by atoms with Gasteiger partial charge in [0.25, 0.3) is 0 Å². The molecule has 2 aromatic rings. The maximum Gasteiger partial charge on any atom is 0.346 e. The third kappa shape index (κ3) is 0.572. The summed E-state index contributed by atoms with van der Waals surface area (Å²) in [5.41, 5.74) is 0.211. The number of fused-ring (bicyclic) bond motifs is 1. The molecule has 0 radical (unpaired) electrons. The maximum absolute atomic E-state index is 10.8. The summed E-state index contributed by atoms with van der Waals surface area (Å²) in [7, 11) is 0. The molecule has 50 valence electrons. The summed E-state index contributed by atoms with van der Waals surface area (Å²) < 4.78 is 9.52. The van der Waals surface area contributed by atoms with Crippen LogP contribution < -0.4 is 5.63 Å². The Hall–Kier alpha value is -1.51. The average Bonchev–Trinajstić information content (AvgIpc) is 2.36. The molecule has 2 heterocycles. The number of hydrogen-bond donors (Lipinski definition) is 0. The van der Waals surface area contributed by atoms with Gasteiger partial charge in [0.05, 0.1) is 12.5 Å². The Labute approximate surface area is 55.9 Å². The van der Waals surface area contributed by atoms with Crippen molar-refractivity contribution in [3.8, 4) is 0 Å². The van der Waals surface area contributed by atoms with Crippen molar-refractivity contribution in [3.63, 3.8) is 0 Å². The van der Waals surface area contributed by atoms with E-state index >= 15 is 0 Å². The van der Waals surface area contributed by atoms with Crippen LogP contribution in [-0.4, -0.2) is 0 Å². The van der Waals surface area contributed by atoms with Crippen LogP contribution in [0.15, 0.2) is 38.3 Å². The first-order chi connectivity index (χ1) is 4.88. The van der Waals surface area contributed by atoms with E-state index in [4.69, 9.17) is 4.42 Å². The van der Waals surface area contributed by atoms with Crippen LogP contribution in [0.1, 0.15) is 0 Å². The third-order valence-electron chi connectivity index (χ3n) is 1.31. The zero-order chi connectivity index (χ0) is 6.97. The van der Waals surface area contributed by atoms with Crippen LogP contribution in [0.5, 0.6) is 0 Å². The fourth-order valence-electron chi connectivity index (χ4n) is 0.840. The first-order valence-electron chi connectivity index (χ1n) is 2.83. The van der Waals surface area contributed by atoms with Gasteiger partial charge in [-0.25, -0.2) is 4.79 Å². The lowest BCUT2D eigenvalue weighted by Crippen LogP contribution is -1.94. The summed E-state index contributed by atoms with van der Waals surface area (Å²) in [4.78, 5) is 10.8. The van der Waals surface area contributed by atoms with Gasteiger partial charge in [-0.3, -0.25) is 0 Å². The molecule has 10 heavy (non-hydrogen) atoms. The van der Waals surface area contributed by atoms with Gasteiger partial charge in [0.1, 0.15) is 11.0 Å². The first-order valence-corrected chi connectivity index (χ1v) is 2.83. The van der Waals surface area contributed by atoms with E-state index in [2.05, 4.69) is 4.42 Å². The van der Waals surface area contributed by atoms with E-state index in [9.17, 15) is 4.79 Å². The monoisotopic (exact) mass is 136 g/mol. The van der Waals surface area contributed by atoms with Crippen molar-refractivity contribution in [2.24, 2.45) is 0 Å². The van der Waals surface area contributed by atoms with E-state index in [1.165, 1.54) is 12.5 Å². The summed E-state index contributed by atoms with van der Waals surface area (Å²) >= 11 is 0. The minimum atomic E-state index is -0.355. The molecular formula is C7H4O3. The lowest BCUT2D eigenvalue weighted by molar-refractivity contribution is 0.515. The van der Waals surface area contributed by atoms with E-state index in [1.807, 2.05) is 0 Å². The van der Waals surface area contributed by atoms with Crippen molar-refractivity contribution in [3.05, 3.63) is 35.1 Å². The highest BCUT2D eigenvalue weighted by Gasteiger charge is 1.99. The molecule has 0 atom stereocenters. The normalized spacial score (nSPS) is 10.4. The highest BCUT2D eigenvalue weighted by molar-refractivity contribution is 5.74. The molecule has 0 aliphatic carbocycles. The molecule has 0 N–H and O–H groups in total. The summed E-state index contributed by atoms with van der Waals surface area (Å²) in [6, 6.07) is 3.19. The van der Waals surface area contributed by atoms with Crippen LogP contribution in [0, 0.1) is 0 Å². The molecule has 0 amide bonds. The molecule has 0 saturated heterocycles. The summed E-state index contributed by atoms with van der Waals surface area (Å²) in [5.74, 6) is 0. The minimum Gasteiger partial charge on any atom is -0.464 e. The predicted octanol–water partition coefficient (Wildman–Crippen LogP) is 1.39. The number of rotatable bonds is 0. The molecule has 0 unspecified atom stereocenters. The van der Waals surface area contributed by atoms with Crippen LogP contribution in [0.4, 0.5) is 0 Å². The second kappa shape index (κ2) is 1.73. The molecule has 3 heteroatoms. The van der Waals surface area contributed by atoms with E-state index in [1.54, 1.807) is 12.1 Å². The quantitative estimate of drug-likeness (QED) is 0.549. The van der Waals surface area contributed by atoms with Gasteiger partial charge in [-0.1, -0.05) is 0 Å². The highest BCUT2D eigenvalue weighted by atomic mass is 16.4. The lowest BCUT2D eigenvalue weighted by Gasteiger charge is -1.81. The fraction of sp³-hybridized carbons (Fsp3) is 0. The maximum atomic E-state index is 10.8. The fourth-order valence-corrected chi connectivity index (χ4v) is 0.840. The lowest BCUT2D eigenvalue weighted by atomic mass is 10.4. The van der Waals surface area contributed by atoms with Crippen molar-refractivity contribution < 1.29 is 8.83 Å². The topological polar surface area (TPSA) is 43.4 Å². The molecule has 0 aliphatic rings. The Morgan fingerprint density at radius 2 is 1.90 bits per heavy atom. The molecule has 0 saturated carbocycles. The van der Waals surface area contributed by atoms with Crippen molar-refractivity contribution in [2.75, 3.05) is 0 Å². The summed E-state index contributed by atoms with van der Waals surface area (Å²) in [6.45, 7) is 0. The van der Waals surface area contributed by atoms with Crippen molar-refractivity contribution >= 4 is 11.0 Å². The van der Waals surface area contributed by atoms with Crippen LogP contribution >= 0.6 is 0 Å². The SMILES string of the molecule is O=c1occc2occc12. The van der Waals surface area contributed by atoms with Crippen LogP contribution in [0.2, 0.25) is 0 Å². The van der Waals surface area contributed by atoms with Gasteiger partial charge in [0, 0.05) is 6.07 Å². The van der Waals surface area contributed by atoms with Crippen LogP contribution in [0.3, 0.4) is 0 Å². The molecule has 0 bridgehead atoms. The largest absolute Gasteiger partial charge is 0.464 e. The summed E-state index contributed by atoms with van der Waals surface area (Å²) in [5, 5.41) is 0.488. The molecule has 0 aliphatic heterocycles. The van der Waals surface area contributed by atoms with Crippen LogP contribution in [0.25, 0.3) is 11.0 Å². The van der Waals surface area contributed by atoms with E-state index in [-0.39, 0.29) is 5.63 Å². The second-order valence-corrected chi connectivity index (χ2v) is 1.91. The third-order valence-corrected chi connectivity index (χ3v) is 1.31. The van der Waals surface area contributed by atoms with Gasteiger partial charge in [-0.05, 0) is 6.07 Å². The smallest absolute Gasteiger partial charge is 0.346 e. The molecule has 2 aromatic heterocycles. The molecule has 2 rings (SSSR count). The molecular weight excluding hydrogens is 132 g/mol. The van der Waals surface area contributed by atoms with Gasteiger partial charge in [0.2, 0.25) is 0 Å². The predicted molar refractivity (Wildman–Crippen MR) is 34.8 cm³/mol. The first kappa shape index (κ1) is 5.29. The number of hydrogen-bond acceptors (Lipinski definition) is 3. The Morgan fingerprint density at radius 3 is 2.70 bits per heavy atom. The van der Waals surface area contributed by atoms with E-state index < -0.39 is 0 Å². The highest BCUT2D eigenvalue weighted by Crippen LogP contribution is 2.08. The molecule has 0 aromatic carbocycles. The molecule has 3 nitrogen and oxygen atoms in total. The van der Waals surface area contributed by atoms with E-state index in [0.717, 1.165) is 0 Å². The van der Waals surface area contributed by atoms with Crippen molar-refractivity contribution in [1.82, 2.24) is 0 Å². The Kier molecular flexibility index (Phi) is 0.917. The van der Waals surface area contributed by atoms with E-state index in [0.29, 0.717) is 11.0 Å². The van der Waals surface area contributed by atoms with Crippen molar-refractivity contribution in [1.29, 1.82) is 0 Å². The van der Waals surface area contributed by atoms with Gasteiger partial charge in [0.15, 0.2) is 0 Å². The standard InChI is InChI=1S/C7H4O3/c8-7-5-1-3-9-6(5)2-4-10-7/h1-4H. The van der Waals surface area contributed by atoms with Crippen LogP contribution in [-0.2, 0) is 0 Å². The van der Waals surface area contributed by atoms with Crippen molar-refractivity contribution in [2.45, 2.75) is 0 Å². The average molecular weight is 136 g/mol. The Morgan fingerprint density at radius 1 is 1.10 bits per heavy atom. The minimum absolute atomic E-state index is 0.355. The van der Waals surface area contributed by atoms with Gasteiger partial charge < -0.3 is 8.83 Å². The van der Waals surface area contributed by atoms with Gasteiger partial charge in [-0.15, -0.1) is 0 Å². The second-order valence-electron chi connectivity index (χ2n) is 1.91. The Balaban J connectivity index is 3.09. The molecule has 0 spiro atoms. The van der Waals surface area contributed by atoms with Gasteiger partial charge in [-0.2, -0.15) is 0 Å². The number of furan rings is 1. The molecule has 0 fully saturated rings. The zero-order valence-corrected chi connectivity index (χ0v) is 5.03. The Bertz CT molecular complexity index is 396. The van der Waals surface area contributed by atoms with Gasteiger partial charge >= 0.3 is 5.63 Å². The summed E-state index contributed by atoms with van der Waals surface area (Å²) in [6.07, 6.45) is 2.77.